The van der Waals surface area contributed by atoms with Crippen molar-refractivity contribution < 1.29 is 40.6 Å². The molecule has 0 aromatic carbocycles. The van der Waals surface area contributed by atoms with Crippen LogP contribution in [0.3, 0.4) is 0 Å². The first kappa shape index (κ1) is 48.7. The van der Waals surface area contributed by atoms with Crippen molar-refractivity contribution in [3.05, 3.63) is 33.3 Å². The van der Waals surface area contributed by atoms with Crippen LogP contribution in [0.5, 0.6) is 0 Å². The molecule has 0 aliphatic rings. The molecule has 0 bridgehead atoms. The fourth-order valence-electron chi connectivity index (χ4n) is 0. The van der Waals surface area contributed by atoms with Crippen molar-refractivity contribution in [3.63, 3.8) is 0 Å². The van der Waals surface area contributed by atoms with Crippen molar-refractivity contribution in [1.82, 2.24) is 0 Å². The summed E-state index contributed by atoms with van der Waals surface area (Å²) in [6.07, 6.45) is 0. The molecule has 0 aromatic heterocycles. The molecule has 0 saturated carbocycles. The molecule has 5 nitrogen and oxygen atoms in total. The van der Waals surface area contributed by atoms with Crippen LogP contribution in [0.25, 0.3) is 0 Å². The minimum atomic E-state index is 0. The summed E-state index contributed by atoms with van der Waals surface area (Å²) >= 11 is 0. The van der Waals surface area contributed by atoms with E-state index in [4.69, 9.17) is 23.3 Å². The fraction of sp³-hybridized carbons (Fsp3) is 0. The molecular formula is C5CrO5. The molecule has 0 rings (SSSR count). The normalized spacial score (nSPS) is 0.909. The first-order valence-electron chi connectivity index (χ1n) is 1.02. The van der Waals surface area contributed by atoms with Crippen LogP contribution in [0.1, 0.15) is 0 Å². The van der Waals surface area contributed by atoms with Gasteiger partial charge in [0.05, 0.1) is 0 Å². The molecule has 6 heteroatoms. The van der Waals surface area contributed by atoms with Crippen molar-refractivity contribution in [2.24, 2.45) is 0 Å². The van der Waals surface area contributed by atoms with Gasteiger partial charge < -0.3 is 0 Å². The van der Waals surface area contributed by atoms with Gasteiger partial charge in [0.15, 0.2) is 0 Å². The van der Waals surface area contributed by atoms with E-state index < -0.39 is 0 Å². The molecule has 0 amide bonds. The fourth-order valence-corrected chi connectivity index (χ4v) is 0. The van der Waals surface area contributed by atoms with Crippen molar-refractivity contribution in [3.8, 4) is 0 Å². The SMILES string of the molecule is [C-]#[O+].[C-]#[O+].[C-]#[O+].[C-]#[O+].[C-]#[O+].[Cr]. The van der Waals surface area contributed by atoms with Crippen LogP contribution in [0, 0.1) is 33.3 Å². The molecule has 0 aromatic rings. The van der Waals surface area contributed by atoms with Gasteiger partial charge in [0.1, 0.15) is 0 Å². The summed E-state index contributed by atoms with van der Waals surface area (Å²) in [6.45, 7) is 22.5. The summed E-state index contributed by atoms with van der Waals surface area (Å²) in [4.78, 5) is 0. The van der Waals surface area contributed by atoms with Crippen LogP contribution >= 0.6 is 0 Å². The summed E-state index contributed by atoms with van der Waals surface area (Å²) in [5, 5.41) is 0. The van der Waals surface area contributed by atoms with Crippen LogP contribution in [-0.4, -0.2) is 0 Å². The van der Waals surface area contributed by atoms with Gasteiger partial charge in [-0.3, -0.25) is 0 Å². The minimum absolute atomic E-state index is 0. The number of hydrogen-bond acceptors (Lipinski definition) is 0. The Kier molecular flexibility index (Phi) is 4700. The summed E-state index contributed by atoms with van der Waals surface area (Å²) in [5.41, 5.74) is 0. The molecule has 0 fully saturated rings. The second-order valence-electron chi connectivity index (χ2n) is 0. The molecule has 0 heterocycles. The van der Waals surface area contributed by atoms with E-state index in [1.54, 1.807) is 0 Å². The second kappa shape index (κ2) is 1060. The Balaban J connectivity index is -0.00000000694. The van der Waals surface area contributed by atoms with E-state index in [0.29, 0.717) is 0 Å². The third-order valence-electron chi connectivity index (χ3n) is 0. The smallest absolute Gasteiger partial charge is 0 e. The Bertz CT molecular complexity index is 73.4. The van der Waals surface area contributed by atoms with Crippen molar-refractivity contribution >= 4 is 0 Å². The second-order valence-corrected chi connectivity index (χ2v) is 0. The molecule has 0 atom stereocenters. The Hall–Kier alpha value is -0.768. The van der Waals surface area contributed by atoms with Crippen molar-refractivity contribution in [2.45, 2.75) is 0 Å². The van der Waals surface area contributed by atoms with Gasteiger partial charge in [-0.2, -0.15) is 0 Å². The molecule has 0 radical (unpaired) electrons. The molecule has 0 aliphatic carbocycles. The van der Waals surface area contributed by atoms with E-state index in [0.717, 1.165) is 0 Å². The Morgan fingerprint density at radius 1 is 0.364 bits per heavy atom. The predicted octanol–water partition coefficient (Wildman–Crippen LogP) is -0.190. The minimum Gasteiger partial charge on any atom is 0 e. The monoisotopic (exact) mass is 192 g/mol. The average molecular weight is 192 g/mol. The van der Waals surface area contributed by atoms with E-state index in [9.17, 15) is 0 Å². The van der Waals surface area contributed by atoms with Gasteiger partial charge in [-0.1, -0.05) is 0 Å². The van der Waals surface area contributed by atoms with Gasteiger partial charge in [-0.15, -0.1) is 0 Å². The Morgan fingerprint density at radius 3 is 0.364 bits per heavy atom. The summed E-state index contributed by atoms with van der Waals surface area (Å²) in [5.74, 6) is 0. The maximum absolute atomic E-state index is 7.50. The van der Waals surface area contributed by atoms with E-state index in [2.05, 4.69) is 33.3 Å². The van der Waals surface area contributed by atoms with Crippen LogP contribution in [0.15, 0.2) is 0 Å². The molecular weight excluding hydrogens is 192 g/mol. The molecule has 0 N–H and O–H groups in total. The van der Waals surface area contributed by atoms with Gasteiger partial charge in [-0.25, -0.2) is 0 Å². The molecule has 11 heavy (non-hydrogen) atoms. The van der Waals surface area contributed by atoms with E-state index in [-0.39, 0.29) is 17.4 Å². The molecule has 56 valence electrons. The average Bonchev–Trinajstić information content (AvgIpc) is 2.20. The number of rotatable bonds is 0. The Morgan fingerprint density at radius 2 is 0.364 bits per heavy atom. The molecule has 0 unspecified atom stereocenters. The van der Waals surface area contributed by atoms with Gasteiger partial charge in [0, 0.05) is 17.4 Å². The summed E-state index contributed by atoms with van der Waals surface area (Å²) in [6, 6.07) is 0. The summed E-state index contributed by atoms with van der Waals surface area (Å²) < 4.78 is 37.5. The van der Waals surface area contributed by atoms with Gasteiger partial charge in [0.25, 0.3) is 0 Å². The van der Waals surface area contributed by atoms with Gasteiger partial charge in [0.2, 0.25) is 0 Å². The zero-order valence-corrected chi connectivity index (χ0v) is 6.22. The third kappa shape index (κ3) is 820. The maximum atomic E-state index is 7.50. The van der Waals surface area contributed by atoms with Gasteiger partial charge in [-0.05, 0) is 0 Å². The molecule has 0 saturated heterocycles. The van der Waals surface area contributed by atoms with Crippen LogP contribution < -0.4 is 0 Å². The van der Waals surface area contributed by atoms with Crippen LogP contribution in [0.2, 0.25) is 0 Å². The first-order chi connectivity index (χ1) is 5.00. The van der Waals surface area contributed by atoms with E-state index in [1.165, 1.54) is 0 Å². The summed E-state index contributed by atoms with van der Waals surface area (Å²) in [7, 11) is 0. The standard InChI is InChI=1S/5CO.Cr/c5*1-2;. The molecule has 0 spiro atoms. The molecule has 0 aliphatic heterocycles. The largest absolute Gasteiger partial charge is 0 e. The van der Waals surface area contributed by atoms with Crippen molar-refractivity contribution in [1.29, 1.82) is 0 Å². The topological polar surface area (TPSA) is 99.5 Å². The predicted molar refractivity (Wildman–Crippen MR) is 19.6 cm³/mol. The third-order valence-corrected chi connectivity index (χ3v) is 0. The van der Waals surface area contributed by atoms with Crippen molar-refractivity contribution in [2.75, 3.05) is 0 Å². The number of hydrogen-bond donors (Lipinski definition) is 0. The zero-order valence-electron chi connectivity index (χ0n) is 4.95. The zero-order chi connectivity index (χ0) is 10.0. The Labute approximate surface area is 74.5 Å². The van der Waals surface area contributed by atoms with Gasteiger partial charge >= 0.3 is 56.5 Å². The quantitative estimate of drug-likeness (QED) is 0.375. The van der Waals surface area contributed by atoms with Crippen LogP contribution in [-0.2, 0) is 40.6 Å². The van der Waals surface area contributed by atoms with E-state index in [1.807, 2.05) is 0 Å². The van der Waals surface area contributed by atoms with E-state index >= 15 is 0 Å². The first-order valence-corrected chi connectivity index (χ1v) is 1.02. The van der Waals surface area contributed by atoms with Crippen LogP contribution in [0.4, 0.5) is 0 Å². The maximum Gasteiger partial charge on any atom is 0 e.